The summed E-state index contributed by atoms with van der Waals surface area (Å²) in [6.45, 7) is 5.93. The van der Waals surface area contributed by atoms with Crippen LogP contribution in [-0.2, 0) is 25.5 Å². The molecule has 47 heavy (non-hydrogen) atoms. The lowest BCUT2D eigenvalue weighted by molar-refractivity contribution is -0.166. The van der Waals surface area contributed by atoms with Crippen LogP contribution >= 0.6 is 0 Å². The van der Waals surface area contributed by atoms with Crippen LogP contribution in [0.4, 0.5) is 0 Å². The molecule has 3 unspecified atom stereocenters. The van der Waals surface area contributed by atoms with Gasteiger partial charge in [-0.2, -0.15) is 0 Å². The van der Waals surface area contributed by atoms with Gasteiger partial charge < -0.3 is 24.4 Å². The molecule has 0 amide bonds. The van der Waals surface area contributed by atoms with Crippen molar-refractivity contribution in [3.63, 3.8) is 0 Å². The second-order valence-corrected chi connectivity index (χ2v) is 12.6. The average molecular weight is 646 g/mol. The fraction of sp³-hybridized carbons (Fsp3) is 0.405. The minimum Gasteiger partial charge on any atom is -0.497 e. The summed E-state index contributed by atoms with van der Waals surface area (Å²) in [6, 6.07) is 22.1. The Morgan fingerprint density at radius 3 is 1.74 bits per heavy atom. The van der Waals surface area contributed by atoms with Crippen LogP contribution in [0.2, 0.25) is 0 Å². The Balaban J connectivity index is 0.000000217. The molecule has 10 heteroatoms. The first-order valence-electron chi connectivity index (χ1n) is 15.8. The summed E-state index contributed by atoms with van der Waals surface area (Å²) in [5.74, 6) is -3.85. The lowest BCUT2D eigenvalue weighted by atomic mass is 9.57. The van der Waals surface area contributed by atoms with E-state index < -0.39 is 36.1 Å². The van der Waals surface area contributed by atoms with E-state index >= 15 is 0 Å². The zero-order valence-electron chi connectivity index (χ0n) is 27.3. The normalized spacial score (nSPS) is 17.9. The number of hydrogen-bond acceptors (Lipinski definition) is 8. The number of carboxylic acids is 2. The summed E-state index contributed by atoms with van der Waals surface area (Å²) in [5.41, 5.74) is 3.61. The monoisotopic (exact) mass is 645 g/mol. The minimum absolute atomic E-state index is 0.0253. The summed E-state index contributed by atoms with van der Waals surface area (Å²) >= 11 is 0. The van der Waals surface area contributed by atoms with Gasteiger partial charge >= 0.3 is 23.9 Å². The molecule has 5 rings (SSSR count). The van der Waals surface area contributed by atoms with Crippen LogP contribution in [-0.4, -0.2) is 71.9 Å². The Kier molecular flexibility index (Phi) is 11.8. The van der Waals surface area contributed by atoms with Crippen LogP contribution in [0, 0.1) is 11.3 Å². The maximum Gasteiger partial charge on any atom is 0.349 e. The number of carbonyl (C=O) groups is 4. The number of likely N-dealkylation sites (N-methyl/N-ethyl adjacent to an activating group) is 1. The molecule has 0 radical (unpaired) electrons. The van der Waals surface area contributed by atoms with Crippen molar-refractivity contribution >= 4 is 23.9 Å². The van der Waals surface area contributed by atoms with Gasteiger partial charge in [-0.3, -0.25) is 4.90 Å². The van der Waals surface area contributed by atoms with E-state index in [1.54, 1.807) is 19.2 Å². The molecular weight excluding hydrogens is 602 g/mol. The highest BCUT2D eigenvalue weighted by molar-refractivity contribution is 5.95. The molecule has 1 aliphatic carbocycles. The van der Waals surface area contributed by atoms with Crippen LogP contribution in [0.1, 0.15) is 77.4 Å². The Labute approximate surface area is 275 Å². The van der Waals surface area contributed by atoms with Gasteiger partial charge in [0.1, 0.15) is 5.75 Å². The van der Waals surface area contributed by atoms with Gasteiger partial charge in [0.15, 0.2) is 0 Å². The van der Waals surface area contributed by atoms with Crippen molar-refractivity contribution in [2.24, 2.45) is 11.3 Å². The van der Waals surface area contributed by atoms with E-state index in [0.29, 0.717) is 11.5 Å². The Morgan fingerprint density at radius 2 is 1.34 bits per heavy atom. The van der Waals surface area contributed by atoms with Crippen molar-refractivity contribution in [1.29, 1.82) is 0 Å². The minimum atomic E-state index is -2.21. The second-order valence-electron chi connectivity index (χ2n) is 12.6. The fourth-order valence-electron chi connectivity index (χ4n) is 6.67. The molecule has 0 aromatic heterocycles. The number of nitrogens with zero attached hydrogens (tertiary/aromatic N) is 1. The quantitative estimate of drug-likeness (QED) is 0.237. The number of esters is 2. The molecule has 3 aromatic carbocycles. The van der Waals surface area contributed by atoms with Crippen LogP contribution in [0.15, 0.2) is 78.9 Å². The van der Waals surface area contributed by atoms with E-state index in [-0.39, 0.29) is 11.1 Å². The molecule has 1 saturated carbocycles. The highest BCUT2D eigenvalue weighted by Gasteiger charge is 2.48. The van der Waals surface area contributed by atoms with Crippen molar-refractivity contribution in [1.82, 2.24) is 4.90 Å². The Morgan fingerprint density at radius 1 is 0.830 bits per heavy atom. The van der Waals surface area contributed by atoms with Gasteiger partial charge in [0, 0.05) is 12.6 Å². The predicted octanol–water partition coefficient (Wildman–Crippen LogP) is 6.05. The molecule has 1 fully saturated rings. The molecular formula is C37H43NO9. The van der Waals surface area contributed by atoms with Gasteiger partial charge in [-0.15, -0.1) is 0 Å². The topological polar surface area (TPSA) is 140 Å². The van der Waals surface area contributed by atoms with Crippen molar-refractivity contribution in [3.8, 4) is 5.75 Å². The van der Waals surface area contributed by atoms with E-state index in [1.807, 2.05) is 0 Å². The molecule has 2 aliphatic rings. The summed E-state index contributed by atoms with van der Waals surface area (Å²) in [4.78, 5) is 49.4. The van der Waals surface area contributed by atoms with E-state index in [2.05, 4.69) is 44.0 Å². The zero-order chi connectivity index (χ0) is 34.1. The van der Waals surface area contributed by atoms with E-state index in [4.69, 9.17) is 14.2 Å². The molecule has 2 N–H and O–H groups in total. The van der Waals surface area contributed by atoms with Gasteiger partial charge in [0.25, 0.3) is 0 Å². The maximum absolute atomic E-state index is 12.0. The first-order chi connectivity index (χ1) is 22.5. The second kappa shape index (κ2) is 15.7. The number of carboxylic acid groups (broad SMARTS) is 2. The molecule has 250 valence electrons. The highest BCUT2D eigenvalue weighted by Crippen LogP contribution is 2.57. The van der Waals surface area contributed by atoms with Crippen molar-refractivity contribution in [2.45, 2.75) is 64.2 Å². The standard InChI is InChI=1S/C19H29NO.C18H14O8/c1-14(2)13-19(9-5-10-19)18-17-12-16(21-4)7-6-15(17)8-11-20(18)3;19-15(20)13(25-17(23)11-7-3-1-4-8-11)14(16(21)22)26-18(24)12-9-5-2-6-10-12/h6-7,12,14,18H,5,8-11,13H2,1-4H3;1-10,13-14H,(H,19,20)(H,21,22). The van der Waals surface area contributed by atoms with Crippen molar-refractivity contribution < 1.29 is 43.6 Å². The van der Waals surface area contributed by atoms with Crippen LogP contribution in [0.25, 0.3) is 0 Å². The van der Waals surface area contributed by atoms with Gasteiger partial charge in [-0.1, -0.05) is 62.7 Å². The van der Waals surface area contributed by atoms with Crippen molar-refractivity contribution in [3.05, 3.63) is 101 Å². The zero-order valence-corrected chi connectivity index (χ0v) is 27.3. The number of fused-ring (bicyclic) bond motifs is 1. The first-order valence-corrected chi connectivity index (χ1v) is 15.8. The third-order valence-corrected chi connectivity index (χ3v) is 8.82. The predicted molar refractivity (Wildman–Crippen MR) is 174 cm³/mol. The highest BCUT2D eigenvalue weighted by atomic mass is 16.6. The van der Waals surface area contributed by atoms with E-state index in [1.165, 1.54) is 98.3 Å². The first kappa shape index (κ1) is 35.2. The number of aliphatic carboxylic acids is 2. The van der Waals surface area contributed by atoms with E-state index in [0.717, 1.165) is 11.7 Å². The molecule has 3 atom stereocenters. The summed E-state index contributed by atoms with van der Waals surface area (Å²) < 4.78 is 15.0. The number of rotatable bonds is 11. The SMILES string of the molecule is COc1ccc2c(c1)C(C1(CC(C)C)CCC1)N(C)CC2.O=C(OC(C(=O)O)C(OC(=O)c1ccccc1)C(=O)O)c1ccccc1. The lowest BCUT2D eigenvalue weighted by Gasteiger charge is -2.54. The third-order valence-electron chi connectivity index (χ3n) is 8.82. The molecule has 0 spiro atoms. The molecule has 0 saturated heterocycles. The van der Waals surface area contributed by atoms with Gasteiger partial charge in [-0.25, -0.2) is 19.2 Å². The number of benzene rings is 3. The van der Waals surface area contributed by atoms with Gasteiger partial charge in [0.05, 0.1) is 18.2 Å². The summed E-state index contributed by atoms with van der Waals surface area (Å²) in [5, 5.41) is 18.5. The van der Waals surface area contributed by atoms with E-state index in [9.17, 15) is 29.4 Å². The Hall–Kier alpha value is -4.70. The van der Waals surface area contributed by atoms with Gasteiger partial charge in [-0.05, 0) is 91.6 Å². The number of hydrogen-bond donors (Lipinski definition) is 2. The molecule has 1 heterocycles. The smallest absolute Gasteiger partial charge is 0.349 e. The number of carbonyl (C=O) groups excluding carboxylic acids is 2. The third kappa shape index (κ3) is 8.56. The van der Waals surface area contributed by atoms with Crippen LogP contribution in [0.5, 0.6) is 5.75 Å². The summed E-state index contributed by atoms with van der Waals surface area (Å²) in [6.07, 6.45) is 2.26. The lowest BCUT2D eigenvalue weighted by Crippen LogP contribution is -2.47. The van der Waals surface area contributed by atoms with Gasteiger partial charge in [0.2, 0.25) is 12.2 Å². The number of methoxy groups -OCH3 is 1. The fourth-order valence-corrected chi connectivity index (χ4v) is 6.67. The molecule has 1 aliphatic heterocycles. The van der Waals surface area contributed by atoms with Crippen molar-refractivity contribution in [2.75, 3.05) is 20.7 Å². The van der Waals surface area contributed by atoms with Crippen LogP contribution in [0.3, 0.4) is 0 Å². The number of ether oxygens (including phenoxy) is 3. The maximum atomic E-state index is 12.0. The molecule has 0 bridgehead atoms. The Bertz CT molecular complexity index is 1470. The largest absolute Gasteiger partial charge is 0.497 e. The molecule has 3 aromatic rings. The summed E-state index contributed by atoms with van der Waals surface area (Å²) in [7, 11) is 4.09. The van der Waals surface area contributed by atoms with Crippen LogP contribution < -0.4 is 4.74 Å². The molecule has 10 nitrogen and oxygen atoms in total. The average Bonchev–Trinajstić information content (AvgIpc) is 3.05.